The van der Waals surface area contributed by atoms with Crippen LogP contribution < -0.4 is 0 Å². The number of fused-ring (bicyclic) bond motifs is 6. The fourth-order valence-electron chi connectivity index (χ4n) is 3.98. The molecule has 1 aromatic heterocycles. The molecule has 32 heavy (non-hydrogen) atoms. The second-order valence-corrected chi connectivity index (χ2v) is 8.62. The maximum Gasteiger partial charge on any atom is 0.0979 e. The zero-order valence-corrected chi connectivity index (χ0v) is 19.3. The van der Waals surface area contributed by atoms with Gasteiger partial charge in [0.1, 0.15) is 0 Å². The third-order valence-electron chi connectivity index (χ3n) is 5.47. The first kappa shape index (κ1) is 20.3. The molecule has 0 saturated heterocycles. The van der Waals surface area contributed by atoms with Crippen molar-refractivity contribution >= 4 is 48.5 Å². The zero-order valence-electron chi connectivity index (χ0n) is 17.7. The quantitative estimate of drug-likeness (QED) is 0.222. The van der Waals surface area contributed by atoms with Crippen molar-refractivity contribution in [2.24, 2.45) is 0 Å². The van der Waals surface area contributed by atoms with Crippen LogP contribution in [-0.2, 0) is 0 Å². The number of hydrogen-bond donors (Lipinski definition) is 0. The minimum absolute atomic E-state index is 0.914. The summed E-state index contributed by atoms with van der Waals surface area (Å²) < 4.78 is 1.13. The van der Waals surface area contributed by atoms with E-state index in [0.29, 0.717) is 0 Å². The SMILES string of the molecule is Brc1ccccc1.Cc1cccc(-c2cnc3c4ccccc4c4ccccc4c3n2)c1. The summed E-state index contributed by atoms with van der Waals surface area (Å²) >= 11 is 3.31. The molecule has 3 heteroatoms. The van der Waals surface area contributed by atoms with Gasteiger partial charge in [0.2, 0.25) is 0 Å². The molecule has 0 saturated carbocycles. The van der Waals surface area contributed by atoms with Gasteiger partial charge in [-0.05, 0) is 35.9 Å². The molecule has 6 aromatic rings. The zero-order chi connectivity index (χ0) is 21.9. The van der Waals surface area contributed by atoms with E-state index in [0.717, 1.165) is 37.5 Å². The van der Waals surface area contributed by atoms with E-state index in [2.05, 4.69) is 95.7 Å². The highest BCUT2D eigenvalue weighted by Crippen LogP contribution is 2.33. The summed E-state index contributed by atoms with van der Waals surface area (Å²) in [6, 6.07) is 35.3. The van der Waals surface area contributed by atoms with E-state index in [-0.39, 0.29) is 0 Å². The smallest absolute Gasteiger partial charge is 0.0979 e. The molecule has 154 valence electrons. The van der Waals surface area contributed by atoms with Gasteiger partial charge in [0.05, 0.1) is 22.9 Å². The van der Waals surface area contributed by atoms with E-state index in [9.17, 15) is 0 Å². The normalized spacial score (nSPS) is 10.8. The molecular weight excluding hydrogens is 456 g/mol. The monoisotopic (exact) mass is 476 g/mol. The molecule has 0 N–H and O–H groups in total. The first-order valence-corrected chi connectivity index (χ1v) is 11.3. The Morgan fingerprint density at radius 1 is 0.594 bits per heavy atom. The lowest BCUT2D eigenvalue weighted by atomic mass is 9.99. The van der Waals surface area contributed by atoms with Gasteiger partial charge < -0.3 is 0 Å². The fourth-order valence-corrected chi connectivity index (χ4v) is 4.29. The van der Waals surface area contributed by atoms with Crippen LogP contribution in [0, 0.1) is 6.92 Å². The number of aryl methyl sites for hydroxylation is 1. The average molecular weight is 477 g/mol. The molecule has 0 spiro atoms. The third kappa shape index (κ3) is 4.00. The van der Waals surface area contributed by atoms with Crippen molar-refractivity contribution < 1.29 is 0 Å². The van der Waals surface area contributed by atoms with Crippen LogP contribution in [0.3, 0.4) is 0 Å². The summed E-state index contributed by atoms with van der Waals surface area (Å²) in [7, 11) is 0. The Labute approximate surface area is 195 Å². The Balaban J connectivity index is 0.000000265. The second kappa shape index (κ2) is 8.89. The molecule has 2 nitrogen and oxygen atoms in total. The first-order valence-electron chi connectivity index (χ1n) is 10.5. The van der Waals surface area contributed by atoms with Crippen molar-refractivity contribution in [3.63, 3.8) is 0 Å². The fraction of sp³-hybridized carbons (Fsp3) is 0.0345. The van der Waals surface area contributed by atoms with E-state index in [1.807, 2.05) is 36.5 Å². The second-order valence-electron chi connectivity index (χ2n) is 7.71. The summed E-state index contributed by atoms with van der Waals surface area (Å²) in [5, 5.41) is 4.75. The van der Waals surface area contributed by atoms with Gasteiger partial charge in [-0.2, -0.15) is 0 Å². The number of nitrogens with zero attached hydrogens (tertiary/aromatic N) is 2. The van der Waals surface area contributed by atoms with E-state index < -0.39 is 0 Å². The minimum Gasteiger partial charge on any atom is -0.252 e. The maximum absolute atomic E-state index is 5.00. The molecule has 1 heterocycles. The van der Waals surface area contributed by atoms with Crippen molar-refractivity contribution in [3.8, 4) is 11.3 Å². The van der Waals surface area contributed by atoms with Crippen LogP contribution in [0.1, 0.15) is 5.56 Å². The number of rotatable bonds is 1. The van der Waals surface area contributed by atoms with Crippen molar-refractivity contribution in [3.05, 3.63) is 119 Å². The predicted octanol–water partition coefficient (Wildman–Crippen LogP) is 8.36. The van der Waals surface area contributed by atoms with E-state index in [1.54, 1.807) is 0 Å². The van der Waals surface area contributed by atoms with Gasteiger partial charge >= 0.3 is 0 Å². The lowest BCUT2D eigenvalue weighted by Crippen LogP contribution is -1.92. The van der Waals surface area contributed by atoms with Crippen LogP contribution in [0.15, 0.2) is 114 Å². The molecule has 0 aliphatic heterocycles. The lowest BCUT2D eigenvalue weighted by molar-refractivity contribution is 1.30. The van der Waals surface area contributed by atoms with Crippen LogP contribution in [0.25, 0.3) is 43.8 Å². The highest BCUT2D eigenvalue weighted by molar-refractivity contribution is 9.10. The van der Waals surface area contributed by atoms with Gasteiger partial charge in [0, 0.05) is 20.8 Å². The van der Waals surface area contributed by atoms with Crippen molar-refractivity contribution in [2.45, 2.75) is 6.92 Å². The average Bonchev–Trinajstić information content (AvgIpc) is 2.85. The Morgan fingerprint density at radius 2 is 1.19 bits per heavy atom. The van der Waals surface area contributed by atoms with E-state index in [4.69, 9.17) is 9.97 Å². The highest BCUT2D eigenvalue weighted by atomic mass is 79.9. The topological polar surface area (TPSA) is 25.8 Å². The molecule has 5 aromatic carbocycles. The number of halogens is 1. The number of benzene rings is 5. The van der Waals surface area contributed by atoms with Crippen LogP contribution in [0.4, 0.5) is 0 Å². The summed E-state index contributed by atoms with van der Waals surface area (Å²) in [6.07, 6.45) is 1.89. The van der Waals surface area contributed by atoms with Gasteiger partial charge in [-0.15, -0.1) is 0 Å². The number of hydrogen-bond acceptors (Lipinski definition) is 2. The Kier molecular flexibility index (Phi) is 5.66. The summed E-state index contributed by atoms with van der Waals surface area (Å²) in [5.41, 5.74) is 5.17. The maximum atomic E-state index is 5.00. The number of aromatic nitrogens is 2. The van der Waals surface area contributed by atoms with Crippen LogP contribution in [-0.4, -0.2) is 9.97 Å². The van der Waals surface area contributed by atoms with Crippen molar-refractivity contribution in [2.75, 3.05) is 0 Å². The van der Waals surface area contributed by atoms with Crippen molar-refractivity contribution in [1.29, 1.82) is 0 Å². The Bertz CT molecular complexity index is 1510. The largest absolute Gasteiger partial charge is 0.252 e. The predicted molar refractivity (Wildman–Crippen MR) is 139 cm³/mol. The third-order valence-corrected chi connectivity index (χ3v) is 6.00. The van der Waals surface area contributed by atoms with E-state index >= 15 is 0 Å². The van der Waals surface area contributed by atoms with Gasteiger partial charge in [-0.1, -0.05) is 106 Å². The first-order chi connectivity index (χ1) is 15.7. The molecule has 0 bridgehead atoms. The summed E-state index contributed by atoms with van der Waals surface area (Å²) in [6.45, 7) is 2.10. The van der Waals surface area contributed by atoms with Crippen LogP contribution >= 0.6 is 15.9 Å². The molecule has 6 rings (SSSR count). The summed E-state index contributed by atoms with van der Waals surface area (Å²) in [4.78, 5) is 9.81. The molecule has 0 atom stereocenters. The molecule has 0 fully saturated rings. The molecule has 0 aliphatic carbocycles. The van der Waals surface area contributed by atoms with Crippen LogP contribution in [0.2, 0.25) is 0 Å². The molecule has 0 unspecified atom stereocenters. The molecule has 0 radical (unpaired) electrons. The Hall–Kier alpha value is -3.56. The van der Waals surface area contributed by atoms with E-state index in [1.165, 1.54) is 16.3 Å². The Morgan fingerprint density at radius 3 is 1.78 bits per heavy atom. The molecular formula is C29H21BrN2. The van der Waals surface area contributed by atoms with Crippen molar-refractivity contribution in [1.82, 2.24) is 9.97 Å². The standard InChI is InChI=1S/C23H16N2.C6H5Br/c1-15-7-6-8-16(13-15)21-14-24-22-19-11-4-2-9-17(19)18-10-3-5-12-20(18)23(22)25-21;7-6-4-2-1-3-5-6/h2-14H,1H3;1-5H. The summed E-state index contributed by atoms with van der Waals surface area (Å²) in [5.74, 6) is 0. The highest BCUT2D eigenvalue weighted by Gasteiger charge is 2.11. The molecule has 0 amide bonds. The molecule has 0 aliphatic rings. The van der Waals surface area contributed by atoms with Gasteiger partial charge in [0.25, 0.3) is 0 Å². The minimum atomic E-state index is 0.914. The lowest BCUT2D eigenvalue weighted by Gasteiger charge is -2.10. The van der Waals surface area contributed by atoms with Gasteiger partial charge in [0.15, 0.2) is 0 Å². The van der Waals surface area contributed by atoms with Gasteiger partial charge in [-0.3, -0.25) is 4.98 Å². The van der Waals surface area contributed by atoms with Gasteiger partial charge in [-0.25, -0.2) is 4.98 Å². The van der Waals surface area contributed by atoms with Crippen LogP contribution in [0.5, 0.6) is 0 Å².